The number of benzene rings is 1. The number of thiazole rings is 1. The van der Waals surface area contributed by atoms with Crippen molar-refractivity contribution in [1.29, 1.82) is 0 Å². The molecule has 0 radical (unpaired) electrons. The maximum atomic E-state index is 6.14. The molecule has 9 nitrogen and oxygen atoms in total. The number of pyridine rings is 4. The molecule has 70 heavy (non-hydrogen) atoms. The molecule has 0 saturated carbocycles. The Morgan fingerprint density at radius 1 is 0.514 bits per heavy atom. The lowest BCUT2D eigenvalue weighted by Gasteiger charge is -2.18. The van der Waals surface area contributed by atoms with Gasteiger partial charge in [0, 0.05) is 107 Å². The number of rotatable bonds is 0. The number of nitrogens with one attached hydrogen (secondary N) is 2. The standard InChI is InChI=1S/2C12H15ClN2.C11H12ClNS.2C11H14N2/c2*1-12(2,3)8-5-9-10(13)7-15(4)11(9)14-6-8;1-11(2,3)10-13-9-7(12)5-4-6-8(9)14-10;1-11(2,3)10-6-8-7-12-5-4-9(8)13-10;1-11(2,3)10-7-9-8(13-10)5-4-6-12-9/h2*5-7H,1-4H3;4-6H,1-3H3;2*4-7,13H,1-3H3. The number of para-hydroxylation sites is 1. The first-order valence-electron chi connectivity index (χ1n) is 23.6. The third kappa shape index (κ3) is 13.2. The monoisotopic (exact) mass is 1020 g/mol. The molecule has 9 aromatic heterocycles. The number of nitrogens with zero attached hydrogens (tertiary/aromatic N) is 7. The van der Waals surface area contributed by atoms with E-state index in [0.29, 0.717) is 0 Å². The van der Waals surface area contributed by atoms with E-state index in [0.717, 1.165) is 58.7 Å². The summed E-state index contributed by atoms with van der Waals surface area (Å²) in [4.78, 5) is 28.6. The molecule has 0 aliphatic rings. The maximum absolute atomic E-state index is 6.14. The third-order valence-corrected chi connectivity index (χ3v) is 14.1. The van der Waals surface area contributed by atoms with Crippen molar-refractivity contribution in [2.45, 2.75) is 131 Å². The van der Waals surface area contributed by atoms with Gasteiger partial charge in [-0.1, -0.05) is 145 Å². The van der Waals surface area contributed by atoms with Crippen LogP contribution in [0.15, 0.2) is 104 Å². The average Bonchev–Trinajstić information content (AvgIpc) is 4.11. The molecule has 0 aliphatic carbocycles. The van der Waals surface area contributed by atoms with Crippen LogP contribution < -0.4 is 0 Å². The number of fused-ring (bicyclic) bond motifs is 5. The topological polar surface area (TPSA) is 106 Å². The highest BCUT2D eigenvalue weighted by Crippen LogP contribution is 2.35. The molecule has 9 heterocycles. The van der Waals surface area contributed by atoms with E-state index in [-0.39, 0.29) is 27.1 Å². The molecular formula is C57H70Cl3N9S. The largest absolute Gasteiger partial charge is 0.358 e. The summed E-state index contributed by atoms with van der Waals surface area (Å²) in [6, 6.07) is 20.5. The molecule has 0 unspecified atom stereocenters. The summed E-state index contributed by atoms with van der Waals surface area (Å²) >= 11 is 20.1. The van der Waals surface area contributed by atoms with Gasteiger partial charge in [-0.15, -0.1) is 11.3 Å². The highest BCUT2D eigenvalue weighted by Gasteiger charge is 2.21. The number of hydrogen-bond donors (Lipinski definition) is 2. The second-order valence-electron chi connectivity index (χ2n) is 23.0. The summed E-state index contributed by atoms with van der Waals surface area (Å²) in [7, 11) is 3.91. The van der Waals surface area contributed by atoms with E-state index in [2.05, 4.69) is 175 Å². The lowest BCUT2D eigenvalue weighted by atomic mass is 9.88. The van der Waals surface area contributed by atoms with Gasteiger partial charge >= 0.3 is 0 Å². The van der Waals surface area contributed by atoms with E-state index in [4.69, 9.17) is 34.8 Å². The molecule has 0 atom stereocenters. The zero-order valence-electron chi connectivity index (χ0n) is 44.0. The van der Waals surface area contributed by atoms with Crippen LogP contribution >= 0.6 is 46.1 Å². The van der Waals surface area contributed by atoms with Crippen LogP contribution in [-0.2, 0) is 41.2 Å². The molecule has 0 bridgehead atoms. The fourth-order valence-electron chi connectivity index (χ4n) is 7.22. The van der Waals surface area contributed by atoms with Crippen molar-refractivity contribution in [3.05, 3.63) is 147 Å². The van der Waals surface area contributed by atoms with Gasteiger partial charge in [0.1, 0.15) is 16.8 Å². The van der Waals surface area contributed by atoms with Crippen LogP contribution in [0.1, 0.15) is 131 Å². The highest BCUT2D eigenvalue weighted by atomic mass is 35.5. The molecule has 10 rings (SSSR count). The molecule has 1 aromatic carbocycles. The first-order chi connectivity index (χ1) is 32.4. The summed E-state index contributed by atoms with van der Waals surface area (Å²) in [5.74, 6) is 0. The van der Waals surface area contributed by atoms with Crippen LogP contribution in [0.25, 0.3) is 54.2 Å². The fraction of sp³-hybridized carbons (Fsp3) is 0.386. The van der Waals surface area contributed by atoms with Crippen molar-refractivity contribution in [2.24, 2.45) is 14.1 Å². The fourth-order valence-corrected chi connectivity index (χ4v) is 9.12. The van der Waals surface area contributed by atoms with E-state index < -0.39 is 0 Å². The Hall–Kier alpha value is -5.26. The number of H-pyrrole nitrogens is 2. The van der Waals surface area contributed by atoms with Gasteiger partial charge < -0.3 is 19.1 Å². The average molecular weight is 1020 g/mol. The highest BCUT2D eigenvalue weighted by molar-refractivity contribution is 7.18. The first-order valence-corrected chi connectivity index (χ1v) is 25.5. The van der Waals surface area contributed by atoms with Crippen molar-refractivity contribution in [2.75, 3.05) is 0 Å². The number of aromatic amines is 2. The van der Waals surface area contributed by atoms with Gasteiger partial charge in [-0.3, -0.25) is 9.97 Å². The van der Waals surface area contributed by atoms with Gasteiger partial charge in [-0.25, -0.2) is 15.0 Å². The van der Waals surface area contributed by atoms with E-state index >= 15 is 0 Å². The molecule has 0 aliphatic heterocycles. The van der Waals surface area contributed by atoms with Crippen molar-refractivity contribution in [3.63, 3.8) is 0 Å². The third-order valence-electron chi connectivity index (χ3n) is 11.7. The number of aromatic nitrogens is 9. The zero-order chi connectivity index (χ0) is 51.7. The molecule has 0 spiro atoms. The predicted molar refractivity (Wildman–Crippen MR) is 302 cm³/mol. The van der Waals surface area contributed by atoms with Crippen LogP contribution in [0.4, 0.5) is 0 Å². The molecule has 13 heteroatoms. The van der Waals surface area contributed by atoms with Gasteiger partial charge in [-0.05, 0) is 76.6 Å². The zero-order valence-corrected chi connectivity index (χ0v) is 47.1. The minimum atomic E-state index is 0.104. The molecule has 370 valence electrons. The van der Waals surface area contributed by atoms with E-state index in [1.165, 1.54) is 38.1 Å². The normalized spacial score (nSPS) is 12.3. The van der Waals surface area contributed by atoms with Crippen molar-refractivity contribution in [1.82, 2.24) is 44.0 Å². The Kier molecular flexibility index (Phi) is 16.1. The lowest BCUT2D eigenvalue weighted by Crippen LogP contribution is -2.11. The maximum Gasteiger partial charge on any atom is 0.141 e. The molecule has 0 saturated heterocycles. The number of hydrogen-bond acceptors (Lipinski definition) is 6. The van der Waals surface area contributed by atoms with Crippen molar-refractivity contribution < 1.29 is 0 Å². The summed E-state index contributed by atoms with van der Waals surface area (Å²) in [6.07, 6.45) is 13.2. The second-order valence-corrected chi connectivity index (χ2v) is 25.2. The van der Waals surface area contributed by atoms with Gasteiger partial charge in [0.15, 0.2) is 0 Å². The van der Waals surface area contributed by atoms with E-state index in [1.807, 2.05) is 90.9 Å². The molecule has 2 N–H and O–H groups in total. The SMILES string of the molecule is CC(C)(C)c1cc2cnccc2[nH]1.CC(C)(C)c1cc2ncccc2[nH]1.CC(C)(C)c1nc2c(Cl)cccc2s1.Cn1cc(Cl)c2cc(C(C)(C)C)cnc21.Cn1cc(Cl)c2cc(C(C)(C)C)cnc21. The Morgan fingerprint density at radius 2 is 1.04 bits per heavy atom. The summed E-state index contributed by atoms with van der Waals surface area (Å²) < 4.78 is 5.07. The van der Waals surface area contributed by atoms with Gasteiger partial charge in [-0.2, -0.15) is 0 Å². The van der Waals surface area contributed by atoms with Crippen LogP contribution in [-0.4, -0.2) is 44.0 Å². The van der Waals surface area contributed by atoms with Gasteiger partial charge in [0.2, 0.25) is 0 Å². The molecular weight excluding hydrogens is 949 g/mol. The van der Waals surface area contributed by atoms with E-state index in [9.17, 15) is 0 Å². The Bertz CT molecular complexity index is 3120. The van der Waals surface area contributed by atoms with Crippen molar-refractivity contribution in [3.8, 4) is 0 Å². The second kappa shape index (κ2) is 20.8. The smallest absolute Gasteiger partial charge is 0.141 e. The Labute approximate surface area is 433 Å². The summed E-state index contributed by atoms with van der Waals surface area (Å²) in [5, 5.41) is 6.68. The van der Waals surface area contributed by atoms with Gasteiger partial charge in [0.05, 0.1) is 35.8 Å². The molecule has 0 amide bonds. The quantitative estimate of drug-likeness (QED) is 0.157. The molecule has 10 aromatic rings. The molecule has 0 fully saturated rings. The minimum Gasteiger partial charge on any atom is -0.358 e. The van der Waals surface area contributed by atoms with Crippen LogP contribution in [0, 0.1) is 0 Å². The summed E-state index contributed by atoms with van der Waals surface area (Å²) in [6.45, 7) is 32.7. The van der Waals surface area contributed by atoms with Crippen LogP contribution in [0.3, 0.4) is 0 Å². The minimum absolute atomic E-state index is 0.104. The first kappa shape index (κ1) is 54.1. The predicted octanol–water partition coefficient (Wildman–Crippen LogP) is 17.0. The summed E-state index contributed by atoms with van der Waals surface area (Å²) in [5.41, 5.74) is 11.7. The number of halogens is 3. The Balaban J connectivity index is 0.000000144. The van der Waals surface area contributed by atoms with Crippen molar-refractivity contribution >= 4 is 100 Å². The van der Waals surface area contributed by atoms with Crippen LogP contribution in [0.2, 0.25) is 15.1 Å². The van der Waals surface area contributed by atoms with E-state index in [1.54, 1.807) is 11.3 Å². The van der Waals surface area contributed by atoms with Crippen LogP contribution in [0.5, 0.6) is 0 Å². The lowest BCUT2D eigenvalue weighted by molar-refractivity contribution is 0.574. The van der Waals surface area contributed by atoms with Gasteiger partial charge in [0.25, 0.3) is 0 Å². The Morgan fingerprint density at radius 3 is 1.51 bits per heavy atom. The number of aryl methyl sites for hydroxylation is 2.